The Kier molecular flexibility index (Phi) is 2.73. The molecule has 0 radical (unpaired) electrons. The number of carboxylic acids is 1. The second-order valence-electron chi connectivity index (χ2n) is 4.14. The van der Waals surface area contributed by atoms with E-state index in [9.17, 15) is 4.79 Å². The first kappa shape index (κ1) is 10.2. The Morgan fingerprint density at radius 1 is 1.47 bits per heavy atom. The van der Waals surface area contributed by atoms with Crippen molar-refractivity contribution in [2.24, 2.45) is 0 Å². The fourth-order valence-electron chi connectivity index (χ4n) is 2.24. The molecule has 1 fully saturated rings. The molecule has 15 heavy (non-hydrogen) atoms. The monoisotopic (exact) mass is 205 g/mol. The molecular formula is C12H15NO2. The van der Waals surface area contributed by atoms with E-state index < -0.39 is 5.97 Å². The number of nitrogens with zero attached hydrogens (tertiary/aromatic N) is 1. The van der Waals surface area contributed by atoms with Crippen molar-refractivity contribution in [2.45, 2.75) is 12.3 Å². The van der Waals surface area contributed by atoms with Crippen LogP contribution in [0.25, 0.3) is 0 Å². The first-order valence-electron chi connectivity index (χ1n) is 5.19. The number of rotatable bonds is 2. The number of aromatic carboxylic acids is 1. The lowest BCUT2D eigenvalue weighted by atomic mass is 9.93. The summed E-state index contributed by atoms with van der Waals surface area (Å²) in [4.78, 5) is 13.3. The Labute approximate surface area is 89.3 Å². The Bertz CT molecular complexity index is 376. The molecule has 0 bridgehead atoms. The minimum absolute atomic E-state index is 0.377. The molecule has 1 aliphatic rings. The predicted octanol–water partition coefficient (Wildman–Crippen LogP) is 1.80. The van der Waals surface area contributed by atoms with Gasteiger partial charge in [-0.25, -0.2) is 4.79 Å². The van der Waals surface area contributed by atoms with Gasteiger partial charge in [0, 0.05) is 6.54 Å². The number of benzene rings is 1. The Hall–Kier alpha value is -1.35. The summed E-state index contributed by atoms with van der Waals surface area (Å²) in [5.41, 5.74) is 1.44. The summed E-state index contributed by atoms with van der Waals surface area (Å²) in [5, 5.41) is 9.08. The zero-order valence-electron chi connectivity index (χ0n) is 8.81. The molecule has 0 saturated carbocycles. The van der Waals surface area contributed by atoms with Crippen LogP contribution in [0.3, 0.4) is 0 Å². The Morgan fingerprint density at radius 2 is 2.20 bits per heavy atom. The molecule has 0 amide bonds. The lowest BCUT2D eigenvalue weighted by Crippen LogP contribution is -2.14. The lowest BCUT2D eigenvalue weighted by Gasteiger charge is -2.13. The van der Waals surface area contributed by atoms with Gasteiger partial charge in [-0.05, 0) is 37.6 Å². The van der Waals surface area contributed by atoms with E-state index in [0.29, 0.717) is 11.5 Å². The van der Waals surface area contributed by atoms with Gasteiger partial charge in [0.05, 0.1) is 5.56 Å². The molecule has 1 N–H and O–H groups in total. The third-order valence-electron chi connectivity index (χ3n) is 3.02. The van der Waals surface area contributed by atoms with Gasteiger partial charge in [-0.15, -0.1) is 0 Å². The summed E-state index contributed by atoms with van der Waals surface area (Å²) in [6.07, 6.45) is 1.06. The summed E-state index contributed by atoms with van der Waals surface area (Å²) in [7, 11) is 2.07. The molecule has 1 aliphatic heterocycles. The Morgan fingerprint density at radius 3 is 2.80 bits per heavy atom. The zero-order valence-corrected chi connectivity index (χ0v) is 8.81. The van der Waals surface area contributed by atoms with Gasteiger partial charge >= 0.3 is 5.97 Å². The summed E-state index contributed by atoms with van der Waals surface area (Å²) < 4.78 is 0. The van der Waals surface area contributed by atoms with Crippen molar-refractivity contribution in [1.29, 1.82) is 0 Å². The maximum Gasteiger partial charge on any atom is 0.335 e. The SMILES string of the molecule is CN1CCC(c2ccccc2C(=O)O)C1. The number of likely N-dealkylation sites (tertiary alicyclic amines) is 1. The molecule has 3 heteroatoms. The normalized spacial score (nSPS) is 21.8. The van der Waals surface area contributed by atoms with Crippen LogP contribution >= 0.6 is 0 Å². The van der Waals surface area contributed by atoms with Crippen LogP contribution in [0.2, 0.25) is 0 Å². The fourth-order valence-corrected chi connectivity index (χ4v) is 2.24. The average Bonchev–Trinajstić information content (AvgIpc) is 2.65. The van der Waals surface area contributed by atoms with Crippen LogP contribution < -0.4 is 0 Å². The van der Waals surface area contributed by atoms with Crippen molar-refractivity contribution in [3.8, 4) is 0 Å². The van der Waals surface area contributed by atoms with Crippen LogP contribution in [0.1, 0.15) is 28.3 Å². The van der Waals surface area contributed by atoms with E-state index in [2.05, 4.69) is 11.9 Å². The summed E-state index contributed by atoms with van der Waals surface area (Å²) in [6, 6.07) is 7.33. The molecule has 0 spiro atoms. The third kappa shape index (κ3) is 2.02. The molecule has 1 aromatic rings. The summed E-state index contributed by atoms with van der Waals surface area (Å²) >= 11 is 0. The minimum atomic E-state index is -0.819. The standard InChI is InChI=1S/C12H15NO2/c1-13-7-6-9(8-13)10-4-2-3-5-11(10)12(14)15/h2-5,9H,6-8H2,1H3,(H,14,15). The zero-order chi connectivity index (χ0) is 10.8. The maximum absolute atomic E-state index is 11.0. The average molecular weight is 205 g/mol. The molecule has 1 unspecified atom stereocenters. The van der Waals surface area contributed by atoms with Crippen molar-refractivity contribution < 1.29 is 9.90 Å². The van der Waals surface area contributed by atoms with Crippen LogP contribution in [0, 0.1) is 0 Å². The molecular weight excluding hydrogens is 190 g/mol. The number of hydrogen-bond donors (Lipinski definition) is 1. The Balaban J connectivity index is 2.31. The topological polar surface area (TPSA) is 40.5 Å². The smallest absolute Gasteiger partial charge is 0.335 e. The molecule has 0 aromatic heterocycles. The molecule has 1 heterocycles. The van der Waals surface area contributed by atoms with E-state index in [1.54, 1.807) is 12.1 Å². The van der Waals surface area contributed by atoms with Crippen molar-refractivity contribution in [3.63, 3.8) is 0 Å². The van der Waals surface area contributed by atoms with Gasteiger partial charge in [0.25, 0.3) is 0 Å². The minimum Gasteiger partial charge on any atom is -0.478 e. The highest BCUT2D eigenvalue weighted by molar-refractivity contribution is 5.89. The molecule has 1 saturated heterocycles. The van der Waals surface area contributed by atoms with E-state index in [0.717, 1.165) is 25.1 Å². The van der Waals surface area contributed by atoms with Crippen LogP contribution in [0.5, 0.6) is 0 Å². The molecule has 1 atom stereocenters. The second kappa shape index (κ2) is 4.03. The van der Waals surface area contributed by atoms with Gasteiger partial charge in [-0.3, -0.25) is 0 Å². The van der Waals surface area contributed by atoms with Gasteiger partial charge in [0.15, 0.2) is 0 Å². The summed E-state index contributed by atoms with van der Waals surface area (Å²) in [6.45, 7) is 2.02. The van der Waals surface area contributed by atoms with Crippen molar-refractivity contribution in [2.75, 3.05) is 20.1 Å². The summed E-state index contributed by atoms with van der Waals surface area (Å²) in [5.74, 6) is -0.442. The van der Waals surface area contributed by atoms with Gasteiger partial charge in [0.1, 0.15) is 0 Å². The van der Waals surface area contributed by atoms with E-state index in [-0.39, 0.29) is 0 Å². The highest BCUT2D eigenvalue weighted by atomic mass is 16.4. The highest BCUT2D eigenvalue weighted by Crippen LogP contribution is 2.28. The van der Waals surface area contributed by atoms with Gasteiger partial charge < -0.3 is 10.0 Å². The van der Waals surface area contributed by atoms with Gasteiger partial charge in [0.2, 0.25) is 0 Å². The number of carbonyl (C=O) groups is 1. The van der Waals surface area contributed by atoms with Crippen molar-refractivity contribution >= 4 is 5.97 Å². The molecule has 80 valence electrons. The number of carboxylic acid groups (broad SMARTS) is 1. The van der Waals surface area contributed by atoms with Crippen LogP contribution in [-0.4, -0.2) is 36.1 Å². The second-order valence-corrected chi connectivity index (χ2v) is 4.14. The van der Waals surface area contributed by atoms with Gasteiger partial charge in [-0.1, -0.05) is 18.2 Å². The van der Waals surface area contributed by atoms with Crippen LogP contribution in [0.15, 0.2) is 24.3 Å². The quantitative estimate of drug-likeness (QED) is 0.800. The number of likely N-dealkylation sites (N-methyl/N-ethyl adjacent to an activating group) is 1. The van der Waals surface area contributed by atoms with Crippen molar-refractivity contribution in [1.82, 2.24) is 4.90 Å². The first-order valence-corrected chi connectivity index (χ1v) is 5.19. The lowest BCUT2D eigenvalue weighted by molar-refractivity contribution is 0.0695. The highest BCUT2D eigenvalue weighted by Gasteiger charge is 2.24. The van der Waals surface area contributed by atoms with E-state index in [1.807, 2.05) is 12.1 Å². The third-order valence-corrected chi connectivity index (χ3v) is 3.02. The molecule has 1 aromatic carbocycles. The van der Waals surface area contributed by atoms with Crippen LogP contribution in [-0.2, 0) is 0 Å². The largest absolute Gasteiger partial charge is 0.478 e. The van der Waals surface area contributed by atoms with E-state index in [1.165, 1.54) is 0 Å². The van der Waals surface area contributed by atoms with E-state index in [4.69, 9.17) is 5.11 Å². The van der Waals surface area contributed by atoms with Crippen molar-refractivity contribution in [3.05, 3.63) is 35.4 Å². The van der Waals surface area contributed by atoms with E-state index >= 15 is 0 Å². The fraction of sp³-hybridized carbons (Fsp3) is 0.417. The molecule has 3 nitrogen and oxygen atoms in total. The molecule has 0 aliphatic carbocycles. The number of hydrogen-bond acceptors (Lipinski definition) is 2. The molecule has 2 rings (SSSR count). The van der Waals surface area contributed by atoms with Crippen LogP contribution in [0.4, 0.5) is 0 Å². The van der Waals surface area contributed by atoms with Gasteiger partial charge in [-0.2, -0.15) is 0 Å². The predicted molar refractivity (Wildman–Crippen MR) is 58.3 cm³/mol. The maximum atomic E-state index is 11.0. The first-order chi connectivity index (χ1) is 7.18.